The number of amides is 2. The van der Waals surface area contributed by atoms with Gasteiger partial charge < -0.3 is 24.4 Å². The van der Waals surface area contributed by atoms with E-state index in [2.05, 4.69) is 5.32 Å². The van der Waals surface area contributed by atoms with Crippen molar-refractivity contribution in [3.63, 3.8) is 0 Å². The lowest BCUT2D eigenvalue weighted by molar-refractivity contribution is -0.142. The molecule has 0 saturated carbocycles. The monoisotopic (exact) mass is 400 g/mol. The molecule has 0 radical (unpaired) electrons. The van der Waals surface area contributed by atoms with E-state index in [1.165, 1.54) is 7.11 Å². The predicted octanol–water partition coefficient (Wildman–Crippen LogP) is 3.34. The zero-order valence-electron chi connectivity index (χ0n) is 18.3. The molecule has 1 heterocycles. The Morgan fingerprint density at radius 1 is 0.929 bits per heavy atom. The number of rotatable bonds is 4. The van der Waals surface area contributed by atoms with Gasteiger partial charge in [-0.15, -0.1) is 0 Å². The Balaban J connectivity index is 2.76. The maximum absolute atomic E-state index is 12.4. The van der Waals surface area contributed by atoms with Crippen LogP contribution >= 0.6 is 0 Å². The molecule has 2 amide bonds. The molecule has 8 heteroatoms. The summed E-state index contributed by atoms with van der Waals surface area (Å²) in [5, 5.41) is 2.79. The van der Waals surface area contributed by atoms with Gasteiger partial charge in [0.05, 0.1) is 7.11 Å². The maximum Gasteiger partial charge on any atom is 0.410 e. The summed E-state index contributed by atoms with van der Waals surface area (Å²) in [7, 11) is 1.36. The second-order valence-corrected chi connectivity index (χ2v) is 9.23. The fraction of sp³-hybridized carbons (Fsp3) is 0.850. The Kier molecular flexibility index (Phi) is 8.57. The molecule has 1 aliphatic rings. The van der Waals surface area contributed by atoms with Gasteiger partial charge in [-0.05, 0) is 66.2 Å². The molecular formula is C20H36N2O6. The van der Waals surface area contributed by atoms with Gasteiger partial charge in [0.15, 0.2) is 0 Å². The van der Waals surface area contributed by atoms with Crippen LogP contribution < -0.4 is 5.32 Å². The Morgan fingerprint density at radius 2 is 1.46 bits per heavy atom. The minimum absolute atomic E-state index is 0.00479. The average Bonchev–Trinajstić information content (AvgIpc) is 2.72. The van der Waals surface area contributed by atoms with Crippen molar-refractivity contribution in [1.29, 1.82) is 0 Å². The Morgan fingerprint density at radius 3 is 1.96 bits per heavy atom. The molecule has 162 valence electrons. The summed E-state index contributed by atoms with van der Waals surface area (Å²) in [6.45, 7) is 12.3. The summed E-state index contributed by atoms with van der Waals surface area (Å²) in [4.78, 5) is 37.9. The molecule has 28 heavy (non-hydrogen) atoms. The number of nitrogens with zero attached hydrogens (tertiary/aromatic N) is 1. The van der Waals surface area contributed by atoms with Crippen molar-refractivity contribution >= 4 is 18.2 Å². The van der Waals surface area contributed by atoms with E-state index < -0.39 is 17.3 Å². The van der Waals surface area contributed by atoms with Crippen LogP contribution in [0.25, 0.3) is 0 Å². The highest BCUT2D eigenvalue weighted by molar-refractivity contribution is 5.70. The third-order valence-electron chi connectivity index (χ3n) is 4.42. The largest absolute Gasteiger partial charge is 0.469 e. The summed E-state index contributed by atoms with van der Waals surface area (Å²) >= 11 is 0. The second-order valence-electron chi connectivity index (χ2n) is 9.23. The number of nitrogens with one attached hydrogen (secondary N) is 1. The van der Waals surface area contributed by atoms with Crippen LogP contribution in [0, 0.1) is 11.8 Å². The molecule has 0 aromatic carbocycles. The summed E-state index contributed by atoms with van der Waals surface area (Å²) in [6, 6.07) is 0. The van der Waals surface area contributed by atoms with E-state index in [9.17, 15) is 14.4 Å². The molecule has 0 aliphatic carbocycles. The van der Waals surface area contributed by atoms with Gasteiger partial charge in [-0.2, -0.15) is 0 Å². The standard InChI is InChI=1S/C20H36N2O6/c1-19(2,3)27-17(24)21-13-15-9-11-22(18(25)28-20(4,5)6)10-8-14(15)12-16(23)26-7/h14-15H,8-13H2,1-7H3,(H,21,24)/t14-,15+/m1/s1. The van der Waals surface area contributed by atoms with Crippen molar-refractivity contribution < 1.29 is 28.6 Å². The first-order valence-electron chi connectivity index (χ1n) is 9.82. The minimum Gasteiger partial charge on any atom is -0.469 e. The third kappa shape index (κ3) is 9.28. The van der Waals surface area contributed by atoms with E-state index in [0.29, 0.717) is 32.5 Å². The lowest BCUT2D eigenvalue weighted by Crippen LogP contribution is -2.38. The van der Waals surface area contributed by atoms with Gasteiger partial charge in [0.1, 0.15) is 11.2 Å². The first kappa shape index (κ1) is 24.0. The van der Waals surface area contributed by atoms with E-state index in [-0.39, 0.29) is 30.3 Å². The fourth-order valence-corrected chi connectivity index (χ4v) is 3.10. The van der Waals surface area contributed by atoms with Crippen LogP contribution in [0.15, 0.2) is 0 Å². The zero-order valence-corrected chi connectivity index (χ0v) is 18.3. The number of carbonyl (C=O) groups is 3. The van der Waals surface area contributed by atoms with Gasteiger partial charge in [-0.25, -0.2) is 9.59 Å². The van der Waals surface area contributed by atoms with Crippen molar-refractivity contribution in [2.45, 2.75) is 72.0 Å². The lowest BCUT2D eigenvalue weighted by Gasteiger charge is -2.26. The number of alkyl carbamates (subject to hydrolysis) is 1. The number of hydrogen-bond acceptors (Lipinski definition) is 6. The smallest absolute Gasteiger partial charge is 0.410 e. The Bertz CT molecular complexity index is 550. The van der Waals surface area contributed by atoms with E-state index in [0.717, 1.165) is 0 Å². The maximum atomic E-state index is 12.4. The van der Waals surface area contributed by atoms with Crippen LogP contribution in [-0.4, -0.2) is 61.0 Å². The number of ether oxygens (including phenoxy) is 3. The summed E-state index contributed by atoms with van der Waals surface area (Å²) in [6.07, 6.45) is 0.688. The van der Waals surface area contributed by atoms with E-state index in [4.69, 9.17) is 14.2 Å². The Hall–Kier alpha value is -1.99. The van der Waals surface area contributed by atoms with Crippen LogP contribution in [0.5, 0.6) is 0 Å². The predicted molar refractivity (Wildman–Crippen MR) is 105 cm³/mol. The highest BCUT2D eigenvalue weighted by Crippen LogP contribution is 2.28. The molecule has 0 unspecified atom stereocenters. The number of methoxy groups -OCH3 is 1. The third-order valence-corrected chi connectivity index (χ3v) is 4.42. The summed E-state index contributed by atoms with van der Waals surface area (Å²) < 4.78 is 15.6. The van der Waals surface area contributed by atoms with Crippen molar-refractivity contribution in [3.05, 3.63) is 0 Å². The molecule has 8 nitrogen and oxygen atoms in total. The van der Waals surface area contributed by atoms with E-state index >= 15 is 0 Å². The quantitative estimate of drug-likeness (QED) is 0.575. The van der Waals surface area contributed by atoms with Gasteiger partial charge >= 0.3 is 18.2 Å². The number of esters is 1. The summed E-state index contributed by atoms with van der Waals surface area (Å²) in [5.74, 6) is -0.271. The molecule has 0 aromatic heterocycles. The summed E-state index contributed by atoms with van der Waals surface area (Å²) in [5.41, 5.74) is -1.14. The Labute approximate surface area is 168 Å². The normalized spacial score (nSPS) is 20.8. The average molecular weight is 401 g/mol. The lowest BCUT2D eigenvalue weighted by atomic mass is 9.85. The molecule has 1 rings (SSSR count). The van der Waals surface area contributed by atoms with Gasteiger partial charge in [0, 0.05) is 26.1 Å². The van der Waals surface area contributed by atoms with Crippen molar-refractivity contribution in [2.24, 2.45) is 11.8 Å². The molecule has 1 fully saturated rings. The van der Waals surface area contributed by atoms with Crippen LogP contribution in [0.1, 0.15) is 60.8 Å². The minimum atomic E-state index is -0.577. The van der Waals surface area contributed by atoms with Crippen LogP contribution in [-0.2, 0) is 19.0 Å². The molecular weight excluding hydrogens is 364 g/mol. The molecule has 1 N–H and O–H groups in total. The molecule has 0 spiro atoms. The number of hydrogen-bond donors (Lipinski definition) is 1. The van der Waals surface area contributed by atoms with Gasteiger partial charge in [-0.3, -0.25) is 4.79 Å². The second kappa shape index (κ2) is 9.98. The molecule has 0 aromatic rings. The van der Waals surface area contributed by atoms with Gasteiger partial charge in [0.2, 0.25) is 0 Å². The topological polar surface area (TPSA) is 94.2 Å². The SMILES string of the molecule is COC(=O)C[C@H]1CCN(C(=O)OC(C)(C)C)CC[C@H]1CNC(=O)OC(C)(C)C. The molecule has 1 aliphatic heterocycles. The molecule has 0 bridgehead atoms. The number of likely N-dealkylation sites (tertiary alicyclic amines) is 1. The van der Waals surface area contributed by atoms with Crippen molar-refractivity contribution in [1.82, 2.24) is 10.2 Å². The molecule has 2 atom stereocenters. The highest BCUT2D eigenvalue weighted by atomic mass is 16.6. The van der Waals surface area contributed by atoms with Gasteiger partial charge in [0.25, 0.3) is 0 Å². The van der Waals surface area contributed by atoms with Crippen molar-refractivity contribution in [2.75, 3.05) is 26.7 Å². The van der Waals surface area contributed by atoms with Crippen LogP contribution in [0.2, 0.25) is 0 Å². The fourth-order valence-electron chi connectivity index (χ4n) is 3.10. The number of carbonyl (C=O) groups excluding carboxylic acids is 3. The molecule has 1 saturated heterocycles. The van der Waals surface area contributed by atoms with E-state index in [1.807, 2.05) is 20.8 Å². The first-order chi connectivity index (χ1) is 12.8. The van der Waals surface area contributed by atoms with Crippen LogP contribution in [0.4, 0.5) is 9.59 Å². The van der Waals surface area contributed by atoms with Crippen molar-refractivity contribution in [3.8, 4) is 0 Å². The first-order valence-corrected chi connectivity index (χ1v) is 9.82. The van der Waals surface area contributed by atoms with E-state index in [1.54, 1.807) is 25.7 Å². The zero-order chi connectivity index (χ0) is 21.5. The van der Waals surface area contributed by atoms with Gasteiger partial charge in [-0.1, -0.05) is 0 Å². The highest BCUT2D eigenvalue weighted by Gasteiger charge is 2.32. The van der Waals surface area contributed by atoms with Crippen LogP contribution in [0.3, 0.4) is 0 Å².